The van der Waals surface area contributed by atoms with Gasteiger partial charge in [-0.1, -0.05) is 193 Å². The number of ether oxygens (including phenoxy) is 5. The van der Waals surface area contributed by atoms with Gasteiger partial charge in [0.05, 0.1) is 0 Å². The van der Waals surface area contributed by atoms with Gasteiger partial charge in [0.25, 0.3) is 0 Å². The Labute approximate surface area is 497 Å². The number of carbonyl (C=O) groups is 5. The van der Waals surface area contributed by atoms with Crippen molar-refractivity contribution in [2.24, 2.45) is 5.92 Å². The Bertz CT molecular complexity index is 2380. The standard InChI is InChI=1S/C70H103NO10S/c1-5-7-9-11-13-15-17-19-21-23-25-27-30-34-64(72)78-53-61(54-79-65(73)35-31-28-26-24-22-20-18-16-14-12-10-8-6-2)81-67(75)52-56(4)51-66(74)80-60-43-39-58(40-44-60)70-68(62-45-36-55(3)50-63(62)82-70)69(76)57-37-41-59(42-38-57)77-49-48-71-46-32-29-33-47-71/h36-45,50,56,61H,5-35,46-49,51-54H2,1-4H3. The number of thiophene rings is 1. The van der Waals surface area contributed by atoms with Crippen LogP contribution < -0.4 is 9.47 Å². The zero-order valence-corrected chi connectivity index (χ0v) is 51.8. The maximum Gasteiger partial charge on any atom is 0.311 e. The van der Waals surface area contributed by atoms with E-state index >= 15 is 0 Å². The van der Waals surface area contributed by atoms with Crippen LogP contribution in [0.2, 0.25) is 0 Å². The number of benzene rings is 3. The first-order valence-electron chi connectivity index (χ1n) is 32.4. The first-order valence-corrected chi connectivity index (χ1v) is 33.2. The molecule has 1 atom stereocenters. The van der Waals surface area contributed by atoms with Gasteiger partial charge in [0.1, 0.15) is 31.3 Å². The molecule has 0 N–H and O–H groups in total. The maximum atomic E-state index is 14.3. The van der Waals surface area contributed by atoms with E-state index in [0.717, 1.165) is 90.0 Å². The zero-order valence-electron chi connectivity index (χ0n) is 51.0. The van der Waals surface area contributed by atoms with Crippen molar-refractivity contribution in [1.82, 2.24) is 4.90 Å². The molecule has 0 saturated carbocycles. The molecule has 0 amide bonds. The highest BCUT2D eigenvalue weighted by Crippen LogP contribution is 2.41. The Morgan fingerprint density at radius 1 is 0.537 bits per heavy atom. The van der Waals surface area contributed by atoms with E-state index in [1.165, 1.54) is 148 Å². The summed E-state index contributed by atoms with van der Waals surface area (Å²) in [5.41, 5.74) is 3.11. The quantitative estimate of drug-likeness (QED) is 0.0138. The third-order valence-corrected chi connectivity index (χ3v) is 17.0. The van der Waals surface area contributed by atoms with Crippen molar-refractivity contribution in [2.45, 2.75) is 246 Å². The van der Waals surface area contributed by atoms with Crippen molar-refractivity contribution in [3.63, 3.8) is 0 Å². The first kappa shape index (κ1) is 67.7. The molecule has 1 aliphatic rings. The van der Waals surface area contributed by atoms with Gasteiger partial charge >= 0.3 is 23.9 Å². The normalized spacial score (nSPS) is 13.1. The van der Waals surface area contributed by atoms with Crippen LogP contribution in [0.5, 0.6) is 11.5 Å². The van der Waals surface area contributed by atoms with Gasteiger partial charge in [-0.2, -0.15) is 0 Å². The van der Waals surface area contributed by atoms with Crippen LogP contribution in [0.15, 0.2) is 66.7 Å². The summed E-state index contributed by atoms with van der Waals surface area (Å²) in [6.07, 6.45) is 34.6. The molecule has 0 spiro atoms. The van der Waals surface area contributed by atoms with Crippen molar-refractivity contribution >= 4 is 51.1 Å². The van der Waals surface area contributed by atoms with Crippen molar-refractivity contribution in [3.8, 4) is 21.9 Å². The van der Waals surface area contributed by atoms with Crippen LogP contribution in [0.4, 0.5) is 0 Å². The summed E-state index contributed by atoms with van der Waals surface area (Å²) in [5.74, 6) is -1.29. The molecule has 11 nitrogen and oxygen atoms in total. The van der Waals surface area contributed by atoms with Gasteiger partial charge in [0.2, 0.25) is 0 Å². The number of rotatable bonds is 45. The van der Waals surface area contributed by atoms with Gasteiger partial charge in [-0.25, -0.2) is 0 Å². The van der Waals surface area contributed by atoms with Gasteiger partial charge < -0.3 is 23.7 Å². The van der Waals surface area contributed by atoms with Crippen LogP contribution in [0.3, 0.4) is 0 Å². The fraction of sp³-hybridized carbons (Fsp3) is 0.643. The highest BCUT2D eigenvalue weighted by molar-refractivity contribution is 7.22. The summed E-state index contributed by atoms with van der Waals surface area (Å²) in [4.78, 5) is 69.9. The van der Waals surface area contributed by atoms with Gasteiger partial charge in [-0.3, -0.25) is 28.9 Å². The van der Waals surface area contributed by atoms with E-state index in [2.05, 4.69) is 24.8 Å². The fourth-order valence-corrected chi connectivity index (χ4v) is 12.2. The number of ketones is 1. The molecule has 1 unspecified atom stereocenters. The van der Waals surface area contributed by atoms with E-state index < -0.39 is 24.0 Å². The van der Waals surface area contributed by atoms with Gasteiger partial charge in [-0.05, 0) is 117 Å². The molecule has 2 heterocycles. The van der Waals surface area contributed by atoms with E-state index in [0.29, 0.717) is 23.5 Å². The Kier molecular flexibility index (Phi) is 33.9. The van der Waals surface area contributed by atoms with Gasteiger partial charge in [0, 0.05) is 58.3 Å². The van der Waals surface area contributed by atoms with Crippen molar-refractivity contribution in [3.05, 3.63) is 83.4 Å². The van der Waals surface area contributed by atoms with Crippen LogP contribution in [-0.2, 0) is 33.4 Å². The molecule has 12 heteroatoms. The first-order chi connectivity index (χ1) is 40.0. The molecule has 1 aliphatic heterocycles. The summed E-state index contributed by atoms with van der Waals surface area (Å²) in [6, 6.07) is 20.7. The molecule has 4 aromatic rings. The number of hydrogen-bond acceptors (Lipinski definition) is 12. The van der Waals surface area contributed by atoms with Gasteiger partial charge in [0.15, 0.2) is 11.9 Å². The molecular weight excluding hydrogens is 1050 g/mol. The summed E-state index contributed by atoms with van der Waals surface area (Å²) in [5, 5.41) is 0.884. The minimum absolute atomic E-state index is 0.0552. The number of carbonyl (C=O) groups excluding carboxylic acids is 5. The number of piperidine rings is 1. The second kappa shape index (κ2) is 41.0. The van der Waals surface area contributed by atoms with Crippen LogP contribution in [0.25, 0.3) is 20.5 Å². The fourth-order valence-electron chi connectivity index (χ4n) is 10.9. The zero-order chi connectivity index (χ0) is 58.4. The highest BCUT2D eigenvalue weighted by atomic mass is 32.1. The van der Waals surface area contributed by atoms with Crippen LogP contribution in [0, 0.1) is 12.8 Å². The summed E-state index contributed by atoms with van der Waals surface area (Å²) in [6.45, 7) is 11.6. The summed E-state index contributed by atoms with van der Waals surface area (Å²) >= 11 is 1.56. The second-order valence-electron chi connectivity index (χ2n) is 23.4. The molecule has 1 saturated heterocycles. The average Bonchev–Trinajstić information content (AvgIpc) is 4.08. The lowest BCUT2D eigenvalue weighted by Crippen LogP contribution is -2.33. The monoisotopic (exact) mass is 1150 g/mol. The molecule has 1 fully saturated rings. The van der Waals surface area contributed by atoms with E-state index in [9.17, 15) is 24.0 Å². The lowest BCUT2D eigenvalue weighted by atomic mass is 9.97. The van der Waals surface area contributed by atoms with E-state index in [1.54, 1.807) is 30.4 Å². The number of likely N-dealkylation sites (tertiary alicyclic amines) is 1. The Balaban J connectivity index is 1.07. The van der Waals surface area contributed by atoms with Crippen LogP contribution in [0.1, 0.15) is 254 Å². The molecular formula is C70H103NO10S. The largest absolute Gasteiger partial charge is 0.492 e. The lowest BCUT2D eigenvalue weighted by molar-refractivity contribution is -0.167. The minimum Gasteiger partial charge on any atom is -0.492 e. The van der Waals surface area contributed by atoms with Crippen LogP contribution >= 0.6 is 11.3 Å². The Morgan fingerprint density at radius 2 is 1.01 bits per heavy atom. The predicted molar refractivity (Wildman–Crippen MR) is 334 cm³/mol. The maximum absolute atomic E-state index is 14.3. The third kappa shape index (κ3) is 27.5. The Hall–Kier alpha value is -5.07. The highest BCUT2D eigenvalue weighted by Gasteiger charge is 2.25. The number of fused-ring (bicyclic) bond motifs is 1. The topological polar surface area (TPSA) is 135 Å². The number of hydrogen-bond donors (Lipinski definition) is 0. The van der Waals surface area contributed by atoms with Gasteiger partial charge in [-0.15, -0.1) is 11.3 Å². The Morgan fingerprint density at radius 3 is 1.52 bits per heavy atom. The summed E-state index contributed by atoms with van der Waals surface area (Å²) < 4.78 is 29.8. The molecule has 0 radical (unpaired) electrons. The summed E-state index contributed by atoms with van der Waals surface area (Å²) in [7, 11) is 0. The number of esters is 4. The predicted octanol–water partition coefficient (Wildman–Crippen LogP) is 18.3. The van der Waals surface area contributed by atoms with Crippen molar-refractivity contribution < 1.29 is 47.7 Å². The van der Waals surface area contributed by atoms with Crippen molar-refractivity contribution in [2.75, 3.05) is 39.5 Å². The molecule has 1 aromatic heterocycles. The number of unbranched alkanes of at least 4 members (excludes halogenated alkanes) is 24. The van der Waals surface area contributed by atoms with Crippen LogP contribution in [-0.4, -0.2) is 80.1 Å². The van der Waals surface area contributed by atoms with E-state index in [4.69, 9.17) is 23.7 Å². The molecule has 0 aliphatic carbocycles. The average molecular weight is 1150 g/mol. The van der Waals surface area contributed by atoms with Crippen molar-refractivity contribution in [1.29, 1.82) is 0 Å². The molecule has 82 heavy (non-hydrogen) atoms. The smallest absolute Gasteiger partial charge is 0.311 e. The van der Waals surface area contributed by atoms with E-state index in [1.807, 2.05) is 55.5 Å². The lowest BCUT2D eigenvalue weighted by Gasteiger charge is -2.26. The molecule has 3 aromatic carbocycles. The molecule has 0 bridgehead atoms. The van der Waals surface area contributed by atoms with E-state index in [-0.39, 0.29) is 56.6 Å². The minimum atomic E-state index is -0.976. The number of aryl methyl sites for hydroxylation is 1. The third-order valence-electron chi connectivity index (χ3n) is 15.8. The SMILES string of the molecule is CCCCCCCCCCCCCCCC(=O)OCC(COC(=O)CCCCCCCCCCCCCCC)OC(=O)CC(C)CC(=O)Oc1ccc(-c2sc3cc(C)ccc3c2C(=O)c2ccc(OCCN3CCCCC3)cc2)cc1. The number of nitrogens with zero attached hydrogens (tertiary/aromatic N) is 1. The second-order valence-corrected chi connectivity index (χ2v) is 24.4. The molecule has 5 rings (SSSR count). The molecule has 454 valence electrons.